The van der Waals surface area contributed by atoms with Crippen LogP contribution >= 0.6 is 11.6 Å². The van der Waals surface area contributed by atoms with Crippen molar-refractivity contribution in [2.45, 2.75) is 19.4 Å². The average molecular weight is 431 g/mol. The van der Waals surface area contributed by atoms with Gasteiger partial charge in [-0.3, -0.25) is 4.79 Å². The molecule has 0 atom stereocenters. The van der Waals surface area contributed by atoms with Crippen LogP contribution in [-0.2, 0) is 10.4 Å². The summed E-state index contributed by atoms with van der Waals surface area (Å²) >= 11 is 5.95. The molecule has 0 bridgehead atoms. The molecule has 0 aliphatic carbocycles. The smallest absolute Gasteiger partial charge is 0.248 e. The van der Waals surface area contributed by atoms with Crippen molar-refractivity contribution in [1.29, 1.82) is 0 Å². The van der Waals surface area contributed by atoms with Gasteiger partial charge in [-0.15, -0.1) is 0 Å². The minimum atomic E-state index is -1.36. The summed E-state index contributed by atoms with van der Waals surface area (Å²) in [6.07, 6.45) is 1.33. The molecule has 156 valence electrons. The van der Waals surface area contributed by atoms with E-state index in [4.69, 9.17) is 22.1 Å². The average Bonchev–Trinajstić information content (AvgIpc) is 2.68. The van der Waals surface area contributed by atoms with E-state index in [0.717, 1.165) is 6.07 Å². The van der Waals surface area contributed by atoms with Crippen LogP contribution in [0.25, 0.3) is 16.5 Å². The van der Waals surface area contributed by atoms with Crippen LogP contribution < -0.4 is 15.8 Å². The highest BCUT2D eigenvalue weighted by Crippen LogP contribution is 2.37. The fraction of sp³-hybridized carbons (Fsp3) is 0.190. The van der Waals surface area contributed by atoms with Gasteiger partial charge in [-0.1, -0.05) is 18.2 Å². The van der Waals surface area contributed by atoms with Gasteiger partial charge in [0.15, 0.2) is 0 Å². The first-order valence-electron chi connectivity index (χ1n) is 8.83. The molecule has 2 aromatic carbocycles. The molecule has 0 saturated heterocycles. The summed E-state index contributed by atoms with van der Waals surface area (Å²) < 4.78 is 19.4. The molecular formula is C21H20ClFN4O3. The van der Waals surface area contributed by atoms with Crippen LogP contribution in [0.2, 0.25) is 5.02 Å². The molecule has 0 aliphatic heterocycles. The maximum Gasteiger partial charge on any atom is 0.248 e. The lowest BCUT2D eigenvalue weighted by molar-refractivity contribution is -0.112. The van der Waals surface area contributed by atoms with Gasteiger partial charge < -0.3 is 20.9 Å². The van der Waals surface area contributed by atoms with Crippen molar-refractivity contribution in [2.75, 3.05) is 12.4 Å². The van der Waals surface area contributed by atoms with Crippen molar-refractivity contribution in [1.82, 2.24) is 9.97 Å². The molecule has 3 rings (SSSR count). The first-order valence-corrected chi connectivity index (χ1v) is 9.21. The third-order valence-corrected chi connectivity index (χ3v) is 4.84. The fourth-order valence-corrected chi connectivity index (χ4v) is 3.17. The first kappa shape index (κ1) is 21.5. The number of nitrogens with two attached hydrogens (primary N) is 1. The van der Waals surface area contributed by atoms with Gasteiger partial charge in [-0.05, 0) is 32.0 Å². The lowest BCUT2D eigenvalue weighted by atomic mass is 9.96. The molecule has 0 saturated carbocycles. The first-order chi connectivity index (χ1) is 14.0. The molecule has 7 nitrogen and oxygen atoms in total. The number of ether oxygens (including phenoxy) is 1. The number of amides is 1. The van der Waals surface area contributed by atoms with Crippen molar-refractivity contribution in [3.63, 3.8) is 0 Å². The van der Waals surface area contributed by atoms with Gasteiger partial charge in [0, 0.05) is 33.8 Å². The zero-order chi connectivity index (χ0) is 22.2. The number of aromatic nitrogens is 2. The number of halogens is 2. The Morgan fingerprint density at radius 2 is 2.00 bits per heavy atom. The van der Waals surface area contributed by atoms with Crippen molar-refractivity contribution in [3.8, 4) is 5.75 Å². The quantitative estimate of drug-likeness (QED) is 0.511. The Balaban J connectivity index is 2.21. The maximum absolute atomic E-state index is 14.0. The van der Waals surface area contributed by atoms with Crippen LogP contribution in [0.4, 0.5) is 15.9 Å². The summed E-state index contributed by atoms with van der Waals surface area (Å²) in [5, 5.41) is 13.9. The number of primary amides is 1. The van der Waals surface area contributed by atoms with Gasteiger partial charge in [-0.2, -0.15) is 0 Å². The molecule has 1 heterocycles. The normalized spacial score (nSPS) is 11.4. The molecule has 0 aliphatic rings. The summed E-state index contributed by atoms with van der Waals surface area (Å²) in [4.78, 5) is 20.1. The van der Waals surface area contributed by atoms with Crippen LogP contribution in [0.3, 0.4) is 0 Å². The summed E-state index contributed by atoms with van der Waals surface area (Å²) in [6, 6.07) is 5.78. The SMILES string of the molecule is C=C(C(N)=O)c1cc2c(Nc3cc(Cl)c(F)cc3C(C)(C)O)ncnc2cc1OC. The number of carbonyl (C=O) groups excluding carboxylic acids is 1. The summed E-state index contributed by atoms with van der Waals surface area (Å²) in [6.45, 7) is 6.77. The van der Waals surface area contributed by atoms with E-state index in [9.17, 15) is 14.3 Å². The zero-order valence-electron chi connectivity index (χ0n) is 16.6. The lowest BCUT2D eigenvalue weighted by Gasteiger charge is -2.23. The molecule has 0 unspecified atom stereocenters. The van der Waals surface area contributed by atoms with Gasteiger partial charge >= 0.3 is 0 Å². The van der Waals surface area contributed by atoms with Gasteiger partial charge in [-0.25, -0.2) is 14.4 Å². The monoisotopic (exact) mass is 430 g/mol. The zero-order valence-corrected chi connectivity index (χ0v) is 17.3. The van der Waals surface area contributed by atoms with Crippen LogP contribution in [-0.4, -0.2) is 28.1 Å². The molecule has 0 fully saturated rings. The number of hydrogen-bond acceptors (Lipinski definition) is 6. The number of hydrogen-bond donors (Lipinski definition) is 3. The highest BCUT2D eigenvalue weighted by Gasteiger charge is 2.23. The second-order valence-corrected chi connectivity index (χ2v) is 7.54. The number of carbonyl (C=O) groups is 1. The second kappa shape index (κ2) is 7.89. The van der Waals surface area contributed by atoms with Crippen LogP contribution in [0.15, 0.2) is 37.2 Å². The third kappa shape index (κ3) is 4.05. The molecule has 30 heavy (non-hydrogen) atoms. The van der Waals surface area contributed by atoms with Crippen molar-refractivity contribution >= 4 is 45.5 Å². The summed E-state index contributed by atoms with van der Waals surface area (Å²) in [7, 11) is 1.45. The van der Waals surface area contributed by atoms with Gasteiger partial charge in [0.2, 0.25) is 5.91 Å². The van der Waals surface area contributed by atoms with Gasteiger partial charge in [0.25, 0.3) is 0 Å². The minimum Gasteiger partial charge on any atom is -0.496 e. The van der Waals surface area contributed by atoms with E-state index in [1.165, 1.54) is 33.4 Å². The molecule has 0 radical (unpaired) electrons. The third-order valence-electron chi connectivity index (χ3n) is 4.55. The number of anilines is 2. The Hall–Kier alpha value is -3.23. The van der Waals surface area contributed by atoms with E-state index in [1.807, 2.05) is 0 Å². The minimum absolute atomic E-state index is 0.0607. The predicted octanol–water partition coefficient (Wildman–Crippen LogP) is 3.90. The standard InChI is InChI=1S/C21H20ClFN4O3/c1-10(19(24)28)11-5-12-16(8-18(11)30-4)25-9-26-20(12)27-17-7-14(22)15(23)6-13(17)21(2,3)29/h5-9,29H,1H2,2-4H3,(H2,24,28)(H,25,26,27). The molecule has 3 aromatic rings. The predicted molar refractivity (Wildman–Crippen MR) is 114 cm³/mol. The van der Waals surface area contributed by atoms with E-state index in [1.54, 1.807) is 12.1 Å². The molecule has 4 N–H and O–H groups in total. The molecular weight excluding hydrogens is 411 g/mol. The topological polar surface area (TPSA) is 110 Å². The highest BCUT2D eigenvalue weighted by atomic mass is 35.5. The fourth-order valence-electron chi connectivity index (χ4n) is 3.00. The van der Waals surface area contributed by atoms with Gasteiger partial charge in [0.05, 0.1) is 23.3 Å². The number of aliphatic hydroxyl groups is 1. The Bertz CT molecular complexity index is 1180. The van der Waals surface area contributed by atoms with E-state index in [-0.39, 0.29) is 16.2 Å². The highest BCUT2D eigenvalue weighted by molar-refractivity contribution is 6.31. The van der Waals surface area contributed by atoms with E-state index in [2.05, 4.69) is 21.9 Å². The van der Waals surface area contributed by atoms with Crippen LogP contribution in [0.1, 0.15) is 25.0 Å². The number of rotatable bonds is 6. The maximum atomic E-state index is 14.0. The number of nitrogens with zero attached hydrogens (tertiary/aromatic N) is 2. The van der Waals surface area contributed by atoms with E-state index in [0.29, 0.717) is 33.7 Å². The van der Waals surface area contributed by atoms with Gasteiger partial charge in [0.1, 0.15) is 23.7 Å². The lowest BCUT2D eigenvalue weighted by Crippen LogP contribution is -2.18. The molecule has 1 aromatic heterocycles. The summed E-state index contributed by atoms with van der Waals surface area (Å²) in [5.74, 6) is -0.641. The van der Waals surface area contributed by atoms with Crippen molar-refractivity contribution < 1.29 is 19.0 Å². The number of nitrogens with one attached hydrogen (secondary N) is 1. The Labute approximate surface area is 177 Å². The van der Waals surface area contributed by atoms with E-state index >= 15 is 0 Å². The molecule has 0 spiro atoms. The van der Waals surface area contributed by atoms with Crippen LogP contribution in [0.5, 0.6) is 5.75 Å². The second-order valence-electron chi connectivity index (χ2n) is 7.13. The number of fused-ring (bicyclic) bond motifs is 1. The Kier molecular flexibility index (Phi) is 5.65. The molecule has 9 heteroatoms. The Morgan fingerprint density at radius 1 is 1.30 bits per heavy atom. The van der Waals surface area contributed by atoms with E-state index < -0.39 is 17.3 Å². The van der Waals surface area contributed by atoms with Crippen LogP contribution in [0, 0.1) is 5.82 Å². The molecule has 1 amide bonds. The Morgan fingerprint density at radius 3 is 2.60 bits per heavy atom. The van der Waals surface area contributed by atoms with Crippen molar-refractivity contribution in [2.24, 2.45) is 5.73 Å². The van der Waals surface area contributed by atoms with Crippen molar-refractivity contribution in [3.05, 3.63) is 59.1 Å². The largest absolute Gasteiger partial charge is 0.496 e. The summed E-state index contributed by atoms with van der Waals surface area (Å²) in [5.41, 5.74) is 5.63. The number of methoxy groups -OCH3 is 1. The number of benzene rings is 2.